The molecule has 3 heteroatoms. The van der Waals surface area contributed by atoms with Crippen LogP contribution in [0.4, 0.5) is 11.4 Å². The van der Waals surface area contributed by atoms with E-state index in [9.17, 15) is 0 Å². The summed E-state index contributed by atoms with van der Waals surface area (Å²) in [6, 6.07) is 16.4. The first-order valence-corrected chi connectivity index (χ1v) is 7.06. The Morgan fingerprint density at radius 1 is 0.889 bits per heavy atom. The SMILES string of the molecule is Nc1ccc(SCCCc2ccccc2)cc1N. The number of aryl methyl sites for hydroxylation is 1. The van der Waals surface area contributed by atoms with Crippen molar-refractivity contribution >= 4 is 23.1 Å². The molecule has 0 bridgehead atoms. The van der Waals surface area contributed by atoms with E-state index in [2.05, 4.69) is 30.3 Å². The monoisotopic (exact) mass is 258 g/mol. The summed E-state index contributed by atoms with van der Waals surface area (Å²) in [5.74, 6) is 1.10. The maximum atomic E-state index is 5.78. The Morgan fingerprint density at radius 2 is 1.67 bits per heavy atom. The number of rotatable bonds is 5. The van der Waals surface area contributed by atoms with Gasteiger partial charge in [-0.25, -0.2) is 0 Å². The van der Waals surface area contributed by atoms with Crippen LogP contribution in [0.2, 0.25) is 0 Å². The minimum atomic E-state index is 0.656. The Labute approximate surface area is 112 Å². The molecule has 0 amide bonds. The summed E-state index contributed by atoms with van der Waals surface area (Å²) in [5, 5.41) is 0. The van der Waals surface area contributed by atoms with Crippen molar-refractivity contribution in [2.75, 3.05) is 17.2 Å². The zero-order valence-corrected chi connectivity index (χ0v) is 11.1. The fourth-order valence-electron chi connectivity index (χ4n) is 1.75. The number of hydrogen-bond donors (Lipinski definition) is 2. The van der Waals surface area contributed by atoms with Gasteiger partial charge in [-0.1, -0.05) is 30.3 Å². The number of nitrogen functional groups attached to an aromatic ring is 2. The van der Waals surface area contributed by atoms with Gasteiger partial charge in [-0.05, 0) is 42.4 Å². The molecule has 0 saturated heterocycles. The average Bonchev–Trinajstić information content (AvgIpc) is 2.40. The van der Waals surface area contributed by atoms with E-state index >= 15 is 0 Å². The first kappa shape index (κ1) is 12.8. The highest BCUT2D eigenvalue weighted by Gasteiger charge is 1.98. The summed E-state index contributed by atoms with van der Waals surface area (Å²) in [7, 11) is 0. The van der Waals surface area contributed by atoms with Gasteiger partial charge >= 0.3 is 0 Å². The molecule has 0 heterocycles. The average molecular weight is 258 g/mol. The number of benzene rings is 2. The molecule has 2 rings (SSSR count). The number of nitrogens with two attached hydrogens (primary N) is 2. The van der Waals surface area contributed by atoms with Gasteiger partial charge in [0.1, 0.15) is 0 Å². The zero-order valence-electron chi connectivity index (χ0n) is 10.3. The number of hydrogen-bond acceptors (Lipinski definition) is 3. The standard InChI is InChI=1S/C15H18N2S/c16-14-9-8-13(11-15(14)17)18-10-4-7-12-5-2-1-3-6-12/h1-3,5-6,8-9,11H,4,7,10,16-17H2. The third kappa shape index (κ3) is 3.70. The Bertz CT molecular complexity index is 497. The summed E-state index contributed by atoms with van der Waals surface area (Å²) in [5.41, 5.74) is 14.2. The van der Waals surface area contributed by atoms with E-state index in [0.717, 1.165) is 12.2 Å². The van der Waals surface area contributed by atoms with E-state index in [4.69, 9.17) is 11.5 Å². The molecule has 0 fully saturated rings. The van der Waals surface area contributed by atoms with Gasteiger partial charge in [0.2, 0.25) is 0 Å². The lowest BCUT2D eigenvalue weighted by atomic mass is 10.1. The lowest BCUT2D eigenvalue weighted by Crippen LogP contribution is -1.94. The molecule has 0 unspecified atom stereocenters. The molecule has 0 atom stereocenters. The summed E-state index contributed by atoms with van der Waals surface area (Å²) >= 11 is 1.83. The maximum Gasteiger partial charge on any atom is 0.0559 e. The minimum absolute atomic E-state index is 0.656. The van der Waals surface area contributed by atoms with Crippen molar-refractivity contribution in [2.24, 2.45) is 0 Å². The topological polar surface area (TPSA) is 52.0 Å². The van der Waals surface area contributed by atoms with Gasteiger partial charge in [-0.2, -0.15) is 0 Å². The van der Waals surface area contributed by atoms with Crippen LogP contribution >= 0.6 is 11.8 Å². The van der Waals surface area contributed by atoms with E-state index < -0.39 is 0 Å². The number of anilines is 2. The zero-order chi connectivity index (χ0) is 12.8. The van der Waals surface area contributed by atoms with E-state index in [1.54, 1.807) is 0 Å². The Balaban J connectivity index is 1.77. The van der Waals surface area contributed by atoms with E-state index in [0.29, 0.717) is 11.4 Å². The molecule has 0 saturated carbocycles. The van der Waals surface area contributed by atoms with Crippen molar-refractivity contribution in [1.29, 1.82) is 0 Å². The smallest absolute Gasteiger partial charge is 0.0559 e. The second-order valence-corrected chi connectivity index (χ2v) is 5.40. The van der Waals surface area contributed by atoms with E-state index in [-0.39, 0.29) is 0 Å². The van der Waals surface area contributed by atoms with Crippen LogP contribution in [-0.2, 0) is 6.42 Å². The predicted octanol–water partition coefficient (Wildman–Crippen LogP) is 3.58. The predicted molar refractivity (Wildman–Crippen MR) is 80.8 cm³/mol. The molecular weight excluding hydrogens is 240 g/mol. The van der Waals surface area contributed by atoms with Crippen LogP contribution in [0.15, 0.2) is 53.4 Å². The molecule has 2 aromatic rings. The van der Waals surface area contributed by atoms with Gasteiger partial charge in [-0.3, -0.25) is 0 Å². The van der Waals surface area contributed by atoms with Crippen molar-refractivity contribution < 1.29 is 0 Å². The van der Waals surface area contributed by atoms with Gasteiger partial charge < -0.3 is 11.5 Å². The van der Waals surface area contributed by atoms with E-state index in [1.807, 2.05) is 30.0 Å². The largest absolute Gasteiger partial charge is 0.397 e. The Hall–Kier alpha value is -1.61. The Kier molecular flexibility index (Phi) is 4.53. The lowest BCUT2D eigenvalue weighted by molar-refractivity contribution is 0.933. The van der Waals surface area contributed by atoms with Crippen molar-refractivity contribution in [2.45, 2.75) is 17.7 Å². The van der Waals surface area contributed by atoms with Crippen LogP contribution < -0.4 is 11.5 Å². The summed E-state index contributed by atoms with van der Waals surface area (Å²) in [6.45, 7) is 0. The second kappa shape index (κ2) is 6.36. The van der Waals surface area contributed by atoms with Gasteiger partial charge in [0.05, 0.1) is 11.4 Å². The molecule has 0 spiro atoms. The fraction of sp³-hybridized carbons (Fsp3) is 0.200. The second-order valence-electron chi connectivity index (χ2n) is 4.23. The quantitative estimate of drug-likeness (QED) is 0.489. The van der Waals surface area contributed by atoms with Crippen LogP contribution in [0.5, 0.6) is 0 Å². The van der Waals surface area contributed by atoms with Gasteiger partial charge in [0.15, 0.2) is 0 Å². The van der Waals surface area contributed by atoms with Crippen LogP contribution in [-0.4, -0.2) is 5.75 Å². The highest BCUT2D eigenvalue weighted by molar-refractivity contribution is 7.99. The van der Waals surface area contributed by atoms with Gasteiger partial charge in [0.25, 0.3) is 0 Å². The number of thioether (sulfide) groups is 1. The molecule has 4 N–H and O–H groups in total. The van der Waals surface area contributed by atoms with Crippen molar-refractivity contribution in [1.82, 2.24) is 0 Å². The third-order valence-electron chi connectivity index (χ3n) is 2.78. The van der Waals surface area contributed by atoms with Crippen LogP contribution in [0.3, 0.4) is 0 Å². The molecule has 18 heavy (non-hydrogen) atoms. The first-order valence-electron chi connectivity index (χ1n) is 6.07. The molecule has 0 radical (unpaired) electrons. The molecule has 0 aliphatic heterocycles. The van der Waals surface area contributed by atoms with Crippen LogP contribution in [0.1, 0.15) is 12.0 Å². The normalized spacial score (nSPS) is 10.4. The molecule has 94 valence electrons. The third-order valence-corrected chi connectivity index (χ3v) is 3.86. The highest BCUT2D eigenvalue weighted by Crippen LogP contribution is 2.25. The van der Waals surface area contributed by atoms with Crippen LogP contribution in [0, 0.1) is 0 Å². The molecule has 2 aromatic carbocycles. The molecular formula is C15H18N2S. The minimum Gasteiger partial charge on any atom is -0.397 e. The fourth-order valence-corrected chi connectivity index (χ4v) is 2.65. The Morgan fingerprint density at radius 3 is 2.39 bits per heavy atom. The first-order chi connectivity index (χ1) is 8.75. The van der Waals surface area contributed by atoms with Crippen molar-refractivity contribution in [3.63, 3.8) is 0 Å². The summed E-state index contributed by atoms with van der Waals surface area (Å²) in [4.78, 5) is 1.19. The molecule has 0 aliphatic rings. The van der Waals surface area contributed by atoms with Crippen molar-refractivity contribution in [3.8, 4) is 0 Å². The van der Waals surface area contributed by atoms with Gasteiger partial charge in [-0.15, -0.1) is 11.8 Å². The van der Waals surface area contributed by atoms with Crippen molar-refractivity contribution in [3.05, 3.63) is 54.1 Å². The summed E-state index contributed by atoms with van der Waals surface area (Å²) in [6.07, 6.45) is 2.29. The molecule has 0 aromatic heterocycles. The lowest BCUT2D eigenvalue weighted by Gasteiger charge is -2.05. The van der Waals surface area contributed by atoms with E-state index in [1.165, 1.54) is 16.9 Å². The molecule has 0 aliphatic carbocycles. The highest BCUT2D eigenvalue weighted by atomic mass is 32.2. The van der Waals surface area contributed by atoms with Gasteiger partial charge in [0, 0.05) is 4.90 Å². The summed E-state index contributed by atoms with van der Waals surface area (Å²) < 4.78 is 0. The maximum absolute atomic E-state index is 5.78. The van der Waals surface area contributed by atoms with Crippen LogP contribution in [0.25, 0.3) is 0 Å². The molecule has 2 nitrogen and oxygen atoms in total.